The molecule has 0 spiro atoms. The Hall–Kier alpha value is -3.52. The van der Waals surface area contributed by atoms with Crippen LogP contribution in [0.5, 0.6) is 0 Å². The molecule has 0 aliphatic heterocycles. The zero-order valence-electron chi connectivity index (χ0n) is 17.0. The molecular formula is C23H22N4O3S. The number of amides is 3. The number of hydrogen-bond donors (Lipinski definition) is 3. The zero-order valence-corrected chi connectivity index (χ0v) is 17.8. The fourth-order valence-electron chi connectivity index (χ4n) is 3.56. The maximum absolute atomic E-state index is 12.9. The van der Waals surface area contributed by atoms with Crippen LogP contribution in [-0.4, -0.2) is 22.7 Å². The molecule has 0 saturated carbocycles. The summed E-state index contributed by atoms with van der Waals surface area (Å²) in [4.78, 5) is 42.1. The van der Waals surface area contributed by atoms with Crippen molar-refractivity contribution in [1.82, 2.24) is 4.98 Å². The first-order valence-electron chi connectivity index (χ1n) is 10.0. The Labute approximate surface area is 183 Å². The number of nitrogens with one attached hydrogen (secondary N) is 3. The van der Waals surface area contributed by atoms with Crippen LogP contribution in [-0.2, 0) is 16.0 Å². The summed E-state index contributed by atoms with van der Waals surface area (Å²) in [6.07, 6.45) is 2.45. The molecule has 1 aliphatic carbocycles. The molecule has 3 aromatic rings. The summed E-state index contributed by atoms with van der Waals surface area (Å²) in [6, 6.07) is 15.9. The standard InChI is InChI=1S/C23H22N4O3S/c1-14(28)24-16-10-12-17(13-11-16)25-22(30)18-8-5-9-19-20(18)26-23(31-19)27-21(29)15-6-3-2-4-7-15/h2-4,6-7,10-13,18H,5,8-9H2,1H3,(H,24,28)(H,25,30)(H,26,27,29). The Morgan fingerprint density at radius 2 is 1.61 bits per heavy atom. The molecule has 7 nitrogen and oxygen atoms in total. The molecule has 31 heavy (non-hydrogen) atoms. The van der Waals surface area contributed by atoms with E-state index in [0.717, 1.165) is 23.4 Å². The molecule has 1 aliphatic rings. The van der Waals surface area contributed by atoms with E-state index in [9.17, 15) is 14.4 Å². The lowest BCUT2D eigenvalue weighted by Gasteiger charge is -2.20. The highest BCUT2D eigenvalue weighted by atomic mass is 32.1. The number of anilines is 3. The number of carbonyl (C=O) groups excluding carboxylic acids is 3. The molecule has 1 aromatic heterocycles. The maximum Gasteiger partial charge on any atom is 0.257 e. The SMILES string of the molecule is CC(=O)Nc1ccc(NC(=O)C2CCCc3sc(NC(=O)c4ccccc4)nc32)cc1. The first-order valence-corrected chi connectivity index (χ1v) is 10.9. The van der Waals surface area contributed by atoms with Crippen molar-refractivity contribution in [1.29, 1.82) is 0 Å². The Kier molecular flexibility index (Phi) is 6.08. The number of nitrogens with zero attached hydrogens (tertiary/aromatic N) is 1. The third-order valence-corrected chi connectivity index (χ3v) is 6.05. The zero-order chi connectivity index (χ0) is 21.8. The van der Waals surface area contributed by atoms with Crippen molar-refractivity contribution in [2.24, 2.45) is 0 Å². The van der Waals surface area contributed by atoms with Crippen LogP contribution in [0.25, 0.3) is 0 Å². The van der Waals surface area contributed by atoms with E-state index < -0.39 is 0 Å². The highest BCUT2D eigenvalue weighted by Crippen LogP contribution is 2.37. The molecule has 2 aromatic carbocycles. The summed E-state index contributed by atoms with van der Waals surface area (Å²) in [7, 11) is 0. The lowest BCUT2D eigenvalue weighted by Crippen LogP contribution is -2.24. The van der Waals surface area contributed by atoms with E-state index in [4.69, 9.17) is 0 Å². The second-order valence-corrected chi connectivity index (χ2v) is 8.42. The van der Waals surface area contributed by atoms with Crippen LogP contribution >= 0.6 is 11.3 Å². The van der Waals surface area contributed by atoms with Crippen LogP contribution in [0.2, 0.25) is 0 Å². The van der Waals surface area contributed by atoms with Gasteiger partial charge in [-0.15, -0.1) is 11.3 Å². The van der Waals surface area contributed by atoms with Gasteiger partial charge in [-0.1, -0.05) is 18.2 Å². The molecule has 8 heteroatoms. The van der Waals surface area contributed by atoms with Gasteiger partial charge in [0.2, 0.25) is 11.8 Å². The lowest BCUT2D eigenvalue weighted by molar-refractivity contribution is -0.118. The second-order valence-electron chi connectivity index (χ2n) is 7.34. The highest BCUT2D eigenvalue weighted by molar-refractivity contribution is 7.16. The van der Waals surface area contributed by atoms with Crippen LogP contribution in [0.15, 0.2) is 54.6 Å². The number of aromatic nitrogens is 1. The van der Waals surface area contributed by atoms with Crippen molar-refractivity contribution >= 4 is 45.6 Å². The third kappa shape index (κ3) is 4.97. The van der Waals surface area contributed by atoms with E-state index in [2.05, 4.69) is 20.9 Å². The Morgan fingerprint density at radius 1 is 0.935 bits per heavy atom. The van der Waals surface area contributed by atoms with Gasteiger partial charge in [0.05, 0.1) is 11.6 Å². The quantitative estimate of drug-likeness (QED) is 0.554. The molecule has 0 saturated heterocycles. The number of fused-ring (bicyclic) bond motifs is 1. The topological polar surface area (TPSA) is 100 Å². The predicted molar refractivity (Wildman–Crippen MR) is 122 cm³/mol. The summed E-state index contributed by atoms with van der Waals surface area (Å²) in [5, 5.41) is 8.99. The van der Waals surface area contributed by atoms with Crippen LogP contribution in [0.1, 0.15) is 46.6 Å². The van der Waals surface area contributed by atoms with Gasteiger partial charge in [-0.05, 0) is 55.7 Å². The minimum atomic E-state index is -0.364. The second kappa shape index (κ2) is 9.09. The van der Waals surface area contributed by atoms with Crippen molar-refractivity contribution in [3.8, 4) is 0 Å². The Balaban J connectivity index is 1.46. The number of hydrogen-bond acceptors (Lipinski definition) is 5. The van der Waals surface area contributed by atoms with Crippen molar-refractivity contribution in [3.63, 3.8) is 0 Å². The number of benzene rings is 2. The monoisotopic (exact) mass is 434 g/mol. The molecule has 0 fully saturated rings. The average molecular weight is 435 g/mol. The van der Waals surface area contributed by atoms with Gasteiger partial charge in [0.25, 0.3) is 5.91 Å². The van der Waals surface area contributed by atoms with Crippen molar-refractivity contribution in [3.05, 3.63) is 70.7 Å². The van der Waals surface area contributed by atoms with Gasteiger partial charge in [-0.2, -0.15) is 0 Å². The highest BCUT2D eigenvalue weighted by Gasteiger charge is 2.30. The molecule has 0 radical (unpaired) electrons. The van der Waals surface area contributed by atoms with Crippen LogP contribution in [0, 0.1) is 0 Å². The van der Waals surface area contributed by atoms with Gasteiger partial charge in [0.1, 0.15) is 0 Å². The molecule has 1 unspecified atom stereocenters. The van der Waals surface area contributed by atoms with E-state index in [-0.39, 0.29) is 23.6 Å². The Morgan fingerprint density at radius 3 is 2.29 bits per heavy atom. The van der Waals surface area contributed by atoms with E-state index in [0.29, 0.717) is 28.5 Å². The van der Waals surface area contributed by atoms with E-state index in [1.165, 1.54) is 18.3 Å². The summed E-state index contributed by atoms with van der Waals surface area (Å²) >= 11 is 1.43. The maximum atomic E-state index is 12.9. The molecular weight excluding hydrogens is 412 g/mol. The van der Waals surface area contributed by atoms with Gasteiger partial charge >= 0.3 is 0 Å². The summed E-state index contributed by atoms with van der Waals surface area (Å²) in [5.41, 5.74) is 2.63. The number of carbonyl (C=O) groups is 3. The number of thiazole rings is 1. The van der Waals surface area contributed by atoms with Crippen molar-refractivity contribution < 1.29 is 14.4 Å². The van der Waals surface area contributed by atoms with E-state index in [1.54, 1.807) is 36.4 Å². The fraction of sp³-hybridized carbons (Fsp3) is 0.217. The van der Waals surface area contributed by atoms with Crippen LogP contribution in [0.3, 0.4) is 0 Å². The van der Waals surface area contributed by atoms with Crippen molar-refractivity contribution in [2.75, 3.05) is 16.0 Å². The largest absolute Gasteiger partial charge is 0.326 e. The van der Waals surface area contributed by atoms with E-state index in [1.807, 2.05) is 18.2 Å². The summed E-state index contributed by atoms with van der Waals surface area (Å²) < 4.78 is 0. The third-order valence-electron chi connectivity index (χ3n) is 5.00. The first kappa shape index (κ1) is 20.7. The molecule has 1 heterocycles. The predicted octanol–water partition coefficient (Wildman–Crippen LogP) is 4.41. The van der Waals surface area contributed by atoms with Gasteiger partial charge in [-0.3, -0.25) is 19.7 Å². The normalized spacial score (nSPS) is 14.9. The molecule has 3 amide bonds. The first-order chi connectivity index (χ1) is 15.0. The molecule has 158 valence electrons. The van der Waals surface area contributed by atoms with Crippen LogP contribution in [0.4, 0.5) is 16.5 Å². The van der Waals surface area contributed by atoms with Crippen LogP contribution < -0.4 is 16.0 Å². The van der Waals surface area contributed by atoms with Crippen molar-refractivity contribution in [2.45, 2.75) is 32.1 Å². The Bertz CT molecular complexity index is 1110. The van der Waals surface area contributed by atoms with Gasteiger partial charge < -0.3 is 10.6 Å². The number of rotatable bonds is 5. The summed E-state index contributed by atoms with van der Waals surface area (Å²) in [6.45, 7) is 1.45. The average Bonchev–Trinajstić information content (AvgIpc) is 3.17. The fourth-order valence-corrected chi connectivity index (χ4v) is 4.62. The van der Waals surface area contributed by atoms with Gasteiger partial charge in [0.15, 0.2) is 5.13 Å². The smallest absolute Gasteiger partial charge is 0.257 e. The molecule has 4 rings (SSSR count). The van der Waals surface area contributed by atoms with Gasteiger partial charge in [0, 0.05) is 28.7 Å². The minimum absolute atomic E-state index is 0.125. The number of aryl methyl sites for hydroxylation is 1. The summed E-state index contributed by atoms with van der Waals surface area (Å²) in [5.74, 6) is -0.853. The molecule has 0 bridgehead atoms. The molecule has 1 atom stereocenters. The van der Waals surface area contributed by atoms with E-state index >= 15 is 0 Å². The van der Waals surface area contributed by atoms with Gasteiger partial charge in [-0.25, -0.2) is 4.98 Å². The minimum Gasteiger partial charge on any atom is -0.326 e. The lowest BCUT2D eigenvalue weighted by atomic mass is 9.90. The molecule has 3 N–H and O–H groups in total.